The van der Waals surface area contributed by atoms with E-state index >= 15 is 0 Å². The molecule has 1 heterocycles. The molecule has 1 amide bonds. The molecule has 1 aromatic heterocycles. The first-order valence-corrected chi connectivity index (χ1v) is 7.86. The number of amides is 1. The molecule has 0 fully saturated rings. The van der Waals surface area contributed by atoms with E-state index in [4.69, 9.17) is 0 Å². The predicted octanol–water partition coefficient (Wildman–Crippen LogP) is 4.62. The zero-order chi connectivity index (χ0) is 16.3. The van der Waals surface area contributed by atoms with Crippen molar-refractivity contribution in [3.63, 3.8) is 0 Å². The van der Waals surface area contributed by atoms with E-state index in [0.29, 0.717) is 11.4 Å². The van der Waals surface area contributed by atoms with Gasteiger partial charge >= 0.3 is 0 Å². The van der Waals surface area contributed by atoms with Crippen molar-refractivity contribution in [2.45, 2.75) is 33.2 Å². The van der Waals surface area contributed by atoms with Crippen LogP contribution in [-0.4, -0.2) is 16.4 Å². The highest BCUT2D eigenvalue weighted by Crippen LogP contribution is 2.21. The molecule has 0 saturated heterocycles. The molecule has 0 aliphatic heterocycles. The number of aryl methyl sites for hydroxylation is 1. The molecule has 2 rings (SSSR count). The molecular weight excluding hydrogens is 342 g/mol. The van der Waals surface area contributed by atoms with Crippen molar-refractivity contribution in [1.82, 2.24) is 4.98 Å². The van der Waals surface area contributed by atoms with E-state index < -0.39 is 0 Å². The van der Waals surface area contributed by atoms with Crippen LogP contribution in [0.1, 0.15) is 36.7 Å². The van der Waals surface area contributed by atoms with E-state index in [1.807, 2.05) is 45.9 Å². The normalized spacial score (nSPS) is 11.1. The Bertz CT molecular complexity index is 693. The Morgan fingerprint density at radius 1 is 1.18 bits per heavy atom. The first-order valence-electron chi connectivity index (χ1n) is 7.06. The van der Waals surface area contributed by atoms with Gasteiger partial charge in [0.1, 0.15) is 5.82 Å². The largest absolute Gasteiger partial charge is 0.365 e. The number of hydrogen-bond acceptors (Lipinski definition) is 3. The van der Waals surface area contributed by atoms with Gasteiger partial charge < -0.3 is 10.6 Å². The molecule has 5 heteroatoms. The van der Waals surface area contributed by atoms with Gasteiger partial charge in [-0.2, -0.15) is 0 Å². The number of halogens is 1. The van der Waals surface area contributed by atoms with Crippen LogP contribution >= 0.6 is 15.9 Å². The molecule has 116 valence electrons. The lowest BCUT2D eigenvalue weighted by molar-refractivity contribution is 0.102. The van der Waals surface area contributed by atoms with Gasteiger partial charge in [-0.15, -0.1) is 0 Å². The smallest absolute Gasteiger partial charge is 0.255 e. The maximum Gasteiger partial charge on any atom is 0.255 e. The molecule has 0 radical (unpaired) electrons. The third-order valence-corrected chi connectivity index (χ3v) is 3.46. The molecule has 0 aliphatic carbocycles. The summed E-state index contributed by atoms with van der Waals surface area (Å²) in [4.78, 5) is 16.6. The summed E-state index contributed by atoms with van der Waals surface area (Å²) < 4.78 is 0.989. The van der Waals surface area contributed by atoms with Gasteiger partial charge in [-0.05, 0) is 63.6 Å². The molecule has 0 saturated carbocycles. The number of benzene rings is 1. The molecular formula is C17H20BrN3O. The van der Waals surface area contributed by atoms with E-state index in [1.54, 1.807) is 18.3 Å². The number of carbonyl (C=O) groups excluding carboxylic acids is 1. The van der Waals surface area contributed by atoms with E-state index in [1.165, 1.54) is 0 Å². The Morgan fingerprint density at radius 2 is 1.91 bits per heavy atom. The summed E-state index contributed by atoms with van der Waals surface area (Å²) in [6.07, 6.45) is 1.64. The van der Waals surface area contributed by atoms with Crippen LogP contribution in [0.15, 0.2) is 41.0 Å². The zero-order valence-electron chi connectivity index (χ0n) is 13.2. The zero-order valence-corrected chi connectivity index (χ0v) is 14.8. The average molecular weight is 362 g/mol. The molecule has 0 spiro atoms. The van der Waals surface area contributed by atoms with Crippen LogP contribution in [0.3, 0.4) is 0 Å². The Morgan fingerprint density at radius 3 is 2.55 bits per heavy atom. The van der Waals surface area contributed by atoms with Crippen molar-refractivity contribution in [2.24, 2.45) is 0 Å². The van der Waals surface area contributed by atoms with Gasteiger partial charge in [0, 0.05) is 27.5 Å². The molecule has 4 nitrogen and oxygen atoms in total. The maximum atomic E-state index is 12.4. The summed E-state index contributed by atoms with van der Waals surface area (Å²) in [6.45, 7) is 8.10. The minimum absolute atomic E-state index is 0.107. The third kappa shape index (κ3) is 4.56. The van der Waals surface area contributed by atoms with Crippen LogP contribution in [0.2, 0.25) is 0 Å². The number of aromatic nitrogens is 1. The number of nitrogens with one attached hydrogen (secondary N) is 2. The van der Waals surface area contributed by atoms with Gasteiger partial charge in [0.15, 0.2) is 0 Å². The highest BCUT2D eigenvalue weighted by molar-refractivity contribution is 9.10. The number of nitrogens with zero attached hydrogens (tertiary/aromatic N) is 1. The second-order valence-electron chi connectivity index (χ2n) is 6.22. The average Bonchev–Trinajstić information content (AvgIpc) is 2.40. The molecule has 22 heavy (non-hydrogen) atoms. The topological polar surface area (TPSA) is 54.0 Å². The SMILES string of the molecule is Cc1cc(Br)ccc1NC(=O)c1ccnc(NC(C)(C)C)c1. The number of rotatable bonds is 3. The van der Waals surface area contributed by atoms with Gasteiger partial charge in [-0.1, -0.05) is 15.9 Å². The molecule has 0 aliphatic rings. The third-order valence-electron chi connectivity index (χ3n) is 2.96. The number of carbonyl (C=O) groups is 1. The second kappa shape index (κ2) is 6.48. The molecule has 1 aromatic carbocycles. The van der Waals surface area contributed by atoms with Crippen LogP contribution in [0.25, 0.3) is 0 Å². The van der Waals surface area contributed by atoms with Crippen molar-refractivity contribution in [1.29, 1.82) is 0 Å². The molecule has 0 unspecified atom stereocenters. The van der Waals surface area contributed by atoms with Crippen molar-refractivity contribution in [3.05, 3.63) is 52.1 Å². The quantitative estimate of drug-likeness (QED) is 0.838. The fourth-order valence-corrected chi connectivity index (χ4v) is 2.46. The molecule has 2 aromatic rings. The van der Waals surface area contributed by atoms with Crippen LogP contribution in [-0.2, 0) is 0 Å². The van der Waals surface area contributed by atoms with Crippen LogP contribution in [0.4, 0.5) is 11.5 Å². The minimum Gasteiger partial charge on any atom is -0.365 e. The Hall–Kier alpha value is -1.88. The lowest BCUT2D eigenvalue weighted by Gasteiger charge is -2.21. The first kappa shape index (κ1) is 16.5. The van der Waals surface area contributed by atoms with Gasteiger partial charge in [0.25, 0.3) is 5.91 Å². The van der Waals surface area contributed by atoms with Gasteiger partial charge in [-0.25, -0.2) is 4.98 Å². The van der Waals surface area contributed by atoms with E-state index in [-0.39, 0.29) is 11.4 Å². The monoisotopic (exact) mass is 361 g/mol. The summed E-state index contributed by atoms with van der Waals surface area (Å²) in [6, 6.07) is 9.22. The summed E-state index contributed by atoms with van der Waals surface area (Å²) in [7, 11) is 0. The van der Waals surface area contributed by atoms with E-state index in [9.17, 15) is 4.79 Å². The summed E-state index contributed by atoms with van der Waals surface area (Å²) in [5.41, 5.74) is 2.27. The highest BCUT2D eigenvalue weighted by atomic mass is 79.9. The summed E-state index contributed by atoms with van der Waals surface area (Å²) >= 11 is 3.42. The fraction of sp³-hybridized carbons (Fsp3) is 0.294. The lowest BCUT2D eigenvalue weighted by atomic mass is 10.1. The summed E-state index contributed by atoms with van der Waals surface area (Å²) in [5.74, 6) is 0.539. The molecule has 0 bridgehead atoms. The number of hydrogen-bond donors (Lipinski definition) is 2. The van der Waals surface area contributed by atoms with Crippen molar-refractivity contribution >= 4 is 33.3 Å². The van der Waals surface area contributed by atoms with Crippen LogP contribution in [0.5, 0.6) is 0 Å². The lowest BCUT2D eigenvalue weighted by Crippen LogP contribution is -2.27. The second-order valence-corrected chi connectivity index (χ2v) is 7.13. The van der Waals surface area contributed by atoms with Gasteiger partial charge in [0.2, 0.25) is 0 Å². The van der Waals surface area contributed by atoms with Crippen molar-refractivity contribution in [2.75, 3.05) is 10.6 Å². The summed E-state index contributed by atoms with van der Waals surface area (Å²) in [5, 5.41) is 6.19. The van der Waals surface area contributed by atoms with Gasteiger partial charge in [0.05, 0.1) is 0 Å². The Kier molecular flexibility index (Phi) is 4.86. The predicted molar refractivity (Wildman–Crippen MR) is 94.4 cm³/mol. The van der Waals surface area contributed by atoms with Gasteiger partial charge in [-0.3, -0.25) is 4.79 Å². The maximum absolute atomic E-state index is 12.4. The molecule has 0 atom stereocenters. The highest BCUT2D eigenvalue weighted by Gasteiger charge is 2.13. The first-order chi connectivity index (χ1) is 10.2. The minimum atomic E-state index is -0.148. The van der Waals surface area contributed by atoms with Crippen molar-refractivity contribution < 1.29 is 4.79 Å². The van der Waals surface area contributed by atoms with E-state index in [0.717, 1.165) is 15.7 Å². The number of pyridine rings is 1. The Balaban J connectivity index is 2.17. The fourth-order valence-electron chi connectivity index (χ4n) is 1.99. The van der Waals surface area contributed by atoms with Crippen LogP contribution < -0.4 is 10.6 Å². The van der Waals surface area contributed by atoms with E-state index in [2.05, 4.69) is 31.5 Å². The van der Waals surface area contributed by atoms with Crippen LogP contribution in [0, 0.1) is 6.92 Å². The standard InChI is InChI=1S/C17H20BrN3O/c1-11-9-13(18)5-6-14(11)20-16(22)12-7-8-19-15(10-12)21-17(2,3)4/h5-10H,1-4H3,(H,19,21)(H,20,22). The number of anilines is 2. The Labute approximate surface area is 139 Å². The molecule has 2 N–H and O–H groups in total. The van der Waals surface area contributed by atoms with Crippen molar-refractivity contribution in [3.8, 4) is 0 Å².